The second-order valence-corrected chi connectivity index (χ2v) is 5.02. The number of carbonyl (C=O) groups is 2. The molecule has 6 heteroatoms. The molecule has 0 bridgehead atoms. The summed E-state index contributed by atoms with van der Waals surface area (Å²) in [6, 6.07) is 3.29. The quantitative estimate of drug-likeness (QED) is 0.845. The van der Waals surface area contributed by atoms with Crippen molar-refractivity contribution < 1.29 is 14.7 Å². The maximum atomic E-state index is 11.5. The molecule has 0 aliphatic carbocycles. The van der Waals surface area contributed by atoms with Crippen LogP contribution in [0.3, 0.4) is 0 Å². The van der Waals surface area contributed by atoms with Crippen LogP contribution in [0.25, 0.3) is 0 Å². The van der Waals surface area contributed by atoms with Crippen molar-refractivity contribution in [3.05, 3.63) is 23.4 Å². The van der Waals surface area contributed by atoms with Gasteiger partial charge >= 0.3 is 5.97 Å². The van der Waals surface area contributed by atoms with Crippen molar-refractivity contribution in [1.29, 1.82) is 0 Å². The Morgan fingerprint density at radius 1 is 1.47 bits per heavy atom. The lowest BCUT2D eigenvalue weighted by molar-refractivity contribution is -0.142. The topological polar surface area (TPSA) is 96.5 Å². The third-order valence-corrected chi connectivity index (χ3v) is 3.64. The number of aromatic nitrogens is 1. The third-order valence-electron chi connectivity index (χ3n) is 3.64. The van der Waals surface area contributed by atoms with Gasteiger partial charge in [-0.1, -0.05) is 0 Å². The van der Waals surface area contributed by atoms with E-state index in [1.807, 2.05) is 0 Å². The van der Waals surface area contributed by atoms with Crippen molar-refractivity contribution in [1.82, 2.24) is 4.98 Å². The number of pyridine rings is 1. The molecule has 1 amide bonds. The smallest absolute Gasteiger partial charge is 0.329 e. The molecule has 102 valence electrons. The number of rotatable bonds is 3. The zero-order valence-electron chi connectivity index (χ0n) is 11.0. The number of primary amides is 1. The first kappa shape index (κ1) is 13.3. The van der Waals surface area contributed by atoms with Gasteiger partial charge in [-0.05, 0) is 38.8 Å². The van der Waals surface area contributed by atoms with Gasteiger partial charge in [-0.2, -0.15) is 0 Å². The molecule has 0 radical (unpaired) electrons. The van der Waals surface area contributed by atoms with Gasteiger partial charge in [0.2, 0.25) is 0 Å². The molecule has 1 aromatic rings. The molecule has 6 nitrogen and oxygen atoms in total. The number of anilines is 1. The second-order valence-electron chi connectivity index (χ2n) is 5.02. The first-order valence-electron chi connectivity index (χ1n) is 6.15. The molecule has 1 saturated heterocycles. The van der Waals surface area contributed by atoms with Crippen molar-refractivity contribution in [2.45, 2.75) is 32.2 Å². The van der Waals surface area contributed by atoms with E-state index in [0.29, 0.717) is 18.8 Å². The SMILES string of the molecule is Cc1ccc(C(N)=O)c(N2CCCC2(C)C(=O)O)n1. The van der Waals surface area contributed by atoms with Crippen LogP contribution in [0.2, 0.25) is 0 Å². The highest BCUT2D eigenvalue weighted by Gasteiger charge is 2.45. The predicted octanol–water partition coefficient (Wildman–Crippen LogP) is 0.932. The van der Waals surface area contributed by atoms with E-state index in [9.17, 15) is 14.7 Å². The van der Waals surface area contributed by atoms with Crippen LogP contribution in [0.15, 0.2) is 12.1 Å². The lowest BCUT2D eigenvalue weighted by Gasteiger charge is -2.33. The van der Waals surface area contributed by atoms with Gasteiger partial charge in [0.1, 0.15) is 11.4 Å². The Morgan fingerprint density at radius 3 is 2.74 bits per heavy atom. The summed E-state index contributed by atoms with van der Waals surface area (Å²) in [5.41, 5.74) is 5.29. The molecule has 0 aromatic carbocycles. The van der Waals surface area contributed by atoms with E-state index in [4.69, 9.17) is 5.73 Å². The monoisotopic (exact) mass is 263 g/mol. The Labute approximate surface area is 111 Å². The lowest BCUT2D eigenvalue weighted by atomic mass is 9.99. The highest BCUT2D eigenvalue weighted by molar-refractivity contribution is 5.99. The Kier molecular flexibility index (Phi) is 3.18. The Morgan fingerprint density at radius 2 is 2.16 bits per heavy atom. The Hall–Kier alpha value is -2.11. The highest BCUT2D eigenvalue weighted by Crippen LogP contribution is 2.35. The fourth-order valence-corrected chi connectivity index (χ4v) is 2.47. The fourth-order valence-electron chi connectivity index (χ4n) is 2.47. The molecule has 1 atom stereocenters. The first-order chi connectivity index (χ1) is 8.86. The summed E-state index contributed by atoms with van der Waals surface area (Å²) >= 11 is 0. The number of hydrogen-bond donors (Lipinski definition) is 2. The molecule has 1 aliphatic heterocycles. The Bertz CT molecular complexity index is 544. The standard InChI is InChI=1S/C13H17N3O3/c1-8-4-5-9(10(14)17)11(15-8)16-7-3-6-13(16,2)12(18)19/h4-5H,3,6-7H2,1-2H3,(H2,14,17)(H,18,19). The van der Waals surface area contributed by atoms with Gasteiger partial charge in [0.05, 0.1) is 5.56 Å². The summed E-state index contributed by atoms with van der Waals surface area (Å²) in [6.07, 6.45) is 1.27. The molecule has 0 saturated carbocycles. The van der Waals surface area contributed by atoms with Crippen molar-refractivity contribution in [2.24, 2.45) is 5.73 Å². The molecular formula is C13H17N3O3. The van der Waals surface area contributed by atoms with Crippen LogP contribution in [0, 0.1) is 6.92 Å². The predicted molar refractivity (Wildman–Crippen MR) is 70.1 cm³/mol. The molecule has 0 spiro atoms. The summed E-state index contributed by atoms with van der Waals surface area (Å²) in [6.45, 7) is 4.00. The van der Waals surface area contributed by atoms with Gasteiger partial charge < -0.3 is 15.7 Å². The molecule has 1 fully saturated rings. The summed E-state index contributed by atoms with van der Waals surface area (Å²) < 4.78 is 0. The summed E-state index contributed by atoms with van der Waals surface area (Å²) in [5, 5.41) is 9.42. The van der Waals surface area contributed by atoms with Crippen LogP contribution in [0.4, 0.5) is 5.82 Å². The van der Waals surface area contributed by atoms with Crippen molar-refractivity contribution in [2.75, 3.05) is 11.4 Å². The number of aryl methyl sites for hydroxylation is 1. The zero-order chi connectivity index (χ0) is 14.2. The zero-order valence-corrected chi connectivity index (χ0v) is 11.0. The maximum absolute atomic E-state index is 11.5. The third kappa shape index (κ3) is 2.14. The molecule has 2 heterocycles. The Balaban J connectivity index is 2.55. The molecule has 19 heavy (non-hydrogen) atoms. The number of hydrogen-bond acceptors (Lipinski definition) is 4. The average molecular weight is 263 g/mol. The number of amides is 1. The highest BCUT2D eigenvalue weighted by atomic mass is 16.4. The maximum Gasteiger partial charge on any atom is 0.329 e. The van der Waals surface area contributed by atoms with Crippen LogP contribution in [-0.4, -0.2) is 34.1 Å². The summed E-state index contributed by atoms with van der Waals surface area (Å²) in [4.78, 5) is 29.0. The number of carbonyl (C=O) groups excluding carboxylic acids is 1. The molecule has 1 aliphatic rings. The molecular weight excluding hydrogens is 246 g/mol. The van der Waals surface area contributed by atoms with Crippen molar-refractivity contribution >= 4 is 17.7 Å². The van der Waals surface area contributed by atoms with Crippen molar-refractivity contribution in [3.63, 3.8) is 0 Å². The van der Waals surface area contributed by atoms with E-state index in [0.717, 1.165) is 12.1 Å². The molecule has 1 unspecified atom stereocenters. The fraction of sp³-hybridized carbons (Fsp3) is 0.462. The van der Waals surface area contributed by atoms with Crippen LogP contribution in [0.1, 0.15) is 35.8 Å². The van der Waals surface area contributed by atoms with Gasteiger partial charge in [-0.3, -0.25) is 4.79 Å². The van der Waals surface area contributed by atoms with Crippen LogP contribution in [0.5, 0.6) is 0 Å². The number of nitrogens with zero attached hydrogens (tertiary/aromatic N) is 2. The number of aliphatic carboxylic acids is 1. The van der Waals surface area contributed by atoms with E-state index < -0.39 is 17.4 Å². The van der Waals surface area contributed by atoms with E-state index >= 15 is 0 Å². The normalized spacial score (nSPS) is 22.5. The molecule has 2 rings (SSSR count). The van der Waals surface area contributed by atoms with Crippen LogP contribution < -0.4 is 10.6 Å². The average Bonchev–Trinajstić information content (AvgIpc) is 2.72. The van der Waals surface area contributed by atoms with Crippen LogP contribution in [-0.2, 0) is 4.79 Å². The van der Waals surface area contributed by atoms with Gasteiger partial charge in [-0.15, -0.1) is 0 Å². The summed E-state index contributed by atoms with van der Waals surface area (Å²) in [5.74, 6) is -1.14. The van der Waals surface area contributed by atoms with Gasteiger partial charge in [-0.25, -0.2) is 9.78 Å². The van der Waals surface area contributed by atoms with E-state index in [2.05, 4.69) is 4.98 Å². The molecule has 3 N–H and O–H groups in total. The van der Waals surface area contributed by atoms with E-state index in [-0.39, 0.29) is 5.56 Å². The van der Waals surface area contributed by atoms with Gasteiger partial charge in [0.15, 0.2) is 0 Å². The van der Waals surface area contributed by atoms with Gasteiger partial charge in [0.25, 0.3) is 5.91 Å². The van der Waals surface area contributed by atoms with E-state index in [1.165, 1.54) is 0 Å². The first-order valence-corrected chi connectivity index (χ1v) is 6.15. The minimum Gasteiger partial charge on any atom is -0.480 e. The number of carboxylic acids is 1. The second kappa shape index (κ2) is 4.53. The van der Waals surface area contributed by atoms with E-state index in [1.54, 1.807) is 30.9 Å². The minimum atomic E-state index is -1.04. The van der Waals surface area contributed by atoms with Gasteiger partial charge in [0, 0.05) is 12.2 Å². The lowest BCUT2D eigenvalue weighted by Crippen LogP contribution is -2.49. The van der Waals surface area contributed by atoms with Crippen LogP contribution >= 0.6 is 0 Å². The number of nitrogens with two attached hydrogens (primary N) is 1. The molecule has 1 aromatic heterocycles. The summed E-state index contributed by atoms with van der Waals surface area (Å²) in [7, 11) is 0. The van der Waals surface area contributed by atoms with Crippen molar-refractivity contribution in [3.8, 4) is 0 Å². The largest absolute Gasteiger partial charge is 0.480 e. The number of carboxylic acid groups (broad SMARTS) is 1. The minimum absolute atomic E-state index is 0.264.